The average Bonchev–Trinajstić information content (AvgIpc) is 2.02. The monoisotopic (exact) mass is 198 g/mol. The van der Waals surface area contributed by atoms with Crippen LogP contribution in [0.1, 0.15) is 34.1 Å². The van der Waals surface area contributed by atoms with Crippen molar-refractivity contribution in [3.05, 3.63) is 0 Å². The van der Waals surface area contributed by atoms with Crippen LogP contribution in [0.3, 0.4) is 0 Å². The van der Waals surface area contributed by atoms with Gasteiger partial charge in [0.1, 0.15) is 0 Å². The van der Waals surface area contributed by atoms with Crippen LogP contribution < -0.4 is 5.32 Å². The van der Waals surface area contributed by atoms with E-state index in [1.54, 1.807) is 0 Å². The molecule has 14 heavy (non-hydrogen) atoms. The van der Waals surface area contributed by atoms with Gasteiger partial charge in [-0.25, -0.2) is 0 Å². The van der Waals surface area contributed by atoms with Crippen molar-refractivity contribution in [3.8, 4) is 0 Å². The molecule has 0 aliphatic carbocycles. The molecular weight excluding hydrogens is 172 g/mol. The third-order valence-electron chi connectivity index (χ3n) is 3.26. The van der Waals surface area contributed by atoms with E-state index in [0.717, 1.165) is 0 Å². The molecule has 2 heteroatoms. The molecule has 2 rings (SSSR count). The maximum Gasteiger partial charge on any atom is 0.00449 e. The molecule has 2 nitrogen and oxygen atoms in total. The van der Waals surface area contributed by atoms with E-state index in [-0.39, 0.29) is 0 Å². The van der Waals surface area contributed by atoms with Crippen LogP contribution in [-0.4, -0.2) is 38.1 Å². The van der Waals surface area contributed by atoms with Gasteiger partial charge in [0.15, 0.2) is 0 Å². The predicted octanol–water partition coefficient (Wildman–Crippen LogP) is 1.96. The molecule has 0 aromatic heterocycles. The maximum absolute atomic E-state index is 3.56. The molecule has 0 aromatic carbocycles. The molecule has 2 saturated heterocycles. The van der Waals surface area contributed by atoms with Gasteiger partial charge in [0, 0.05) is 26.2 Å². The third-order valence-corrected chi connectivity index (χ3v) is 3.26. The summed E-state index contributed by atoms with van der Waals surface area (Å²) in [7, 11) is 2.25. The second-order valence-electron chi connectivity index (χ2n) is 5.57. The van der Waals surface area contributed by atoms with Gasteiger partial charge in [-0.2, -0.15) is 0 Å². The van der Waals surface area contributed by atoms with Crippen molar-refractivity contribution in [1.82, 2.24) is 10.2 Å². The van der Waals surface area contributed by atoms with Gasteiger partial charge in [-0.1, -0.05) is 27.7 Å². The minimum Gasteiger partial charge on any atom is -0.316 e. The van der Waals surface area contributed by atoms with Crippen LogP contribution in [-0.2, 0) is 0 Å². The normalized spacial score (nSPS) is 42.6. The molecule has 2 aliphatic rings. The van der Waals surface area contributed by atoms with Crippen LogP contribution in [0.2, 0.25) is 0 Å². The SMILES string of the molecule is CC.CN1CC2(C)CNCC(C)(C1)C2. The van der Waals surface area contributed by atoms with E-state index in [0.29, 0.717) is 10.8 Å². The molecule has 2 unspecified atom stereocenters. The summed E-state index contributed by atoms with van der Waals surface area (Å²) in [6, 6.07) is 0. The molecule has 2 fully saturated rings. The standard InChI is InChI=1S/C10H20N2.C2H6/c1-9-4-10(2,6-11-5-9)8-12(3)7-9;1-2/h11H,4-8H2,1-3H3;1-2H3. The lowest BCUT2D eigenvalue weighted by Crippen LogP contribution is -2.60. The first-order valence-electron chi connectivity index (χ1n) is 5.91. The van der Waals surface area contributed by atoms with E-state index in [9.17, 15) is 0 Å². The number of likely N-dealkylation sites (tertiary alicyclic amines) is 1. The lowest BCUT2D eigenvalue weighted by Gasteiger charge is -2.53. The summed E-state index contributed by atoms with van der Waals surface area (Å²) >= 11 is 0. The summed E-state index contributed by atoms with van der Waals surface area (Å²) in [6.45, 7) is 13.7. The van der Waals surface area contributed by atoms with E-state index >= 15 is 0 Å². The summed E-state index contributed by atoms with van der Waals surface area (Å²) in [4.78, 5) is 2.49. The van der Waals surface area contributed by atoms with Crippen LogP contribution in [0, 0.1) is 10.8 Å². The van der Waals surface area contributed by atoms with Crippen molar-refractivity contribution in [1.29, 1.82) is 0 Å². The molecule has 2 heterocycles. The first kappa shape index (κ1) is 12.0. The Labute approximate surface area is 89.1 Å². The number of hydrogen-bond acceptors (Lipinski definition) is 2. The first-order valence-corrected chi connectivity index (χ1v) is 5.91. The van der Waals surface area contributed by atoms with Crippen LogP contribution in [0.5, 0.6) is 0 Å². The molecule has 2 atom stereocenters. The zero-order chi connectivity index (χ0) is 10.8. The summed E-state index contributed by atoms with van der Waals surface area (Å²) in [5.74, 6) is 0. The fourth-order valence-electron chi connectivity index (χ4n) is 3.40. The Balaban J connectivity index is 0.000000461. The Morgan fingerprint density at radius 2 is 1.43 bits per heavy atom. The zero-order valence-electron chi connectivity index (χ0n) is 10.5. The van der Waals surface area contributed by atoms with Crippen molar-refractivity contribution < 1.29 is 0 Å². The van der Waals surface area contributed by atoms with E-state index in [2.05, 4.69) is 31.1 Å². The summed E-state index contributed by atoms with van der Waals surface area (Å²) in [5, 5.41) is 3.56. The minimum atomic E-state index is 0.528. The molecule has 1 N–H and O–H groups in total. The van der Waals surface area contributed by atoms with E-state index < -0.39 is 0 Å². The zero-order valence-corrected chi connectivity index (χ0v) is 10.5. The first-order chi connectivity index (χ1) is 6.52. The Hall–Kier alpha value is -0.0800. The van der Waals surface area contributed by atoms with E-state index in [1.165, 1.54) is 32.6 Å². The van der Waals surface area contributed by atoms with Crippen LogP contribution >= 0.6 is 0 Å². The largest absolute Gasteiger partial charge is 0.316 e. The maximum atomic E-state index is 3.56. The number of piperidine rings is 2. The highest BCUT2D eigenvalue weighted by Gasteiger charge is 2.44. The van der Waals surface area contributed by atoms with Crippen molar-refractivity contribution in [2.24, 2.45) is 10.8 Å². The number of nitrogens with zero attached hydrogens (tertiary/aromatic N) is 1. The summed E-state index contributed by atoms with van der Waals surface area (Å²) in [5.41, 5.74) is 1.06. The Morgan fingerprint density at radius 1 is 1.00 bits per heavy atom. The number of rotatable bonds is 0. The topological polar surface area (TPSA) is 15.3 Å². The van der Waals surface area contributed by atoms with Gasteiger partial charge < -0.3 is 10.2 Å². The molecule has 0 spiro atoms. The van der Waals surface area contributed by atoms with E-state index in [1.807, 2.05) is 13.8 Å². The van der Waals surface area contributed by atoms with Gasteiger partial charge >= 0.3 is 0 Å². The average molecular weight is 198 g/mol. The van der Waals surface area contributed by atoms with Crippen molar-refractivity contribution in [2.75, 3.05) is 33.2 Å². The Morgan fingerprint density at radius 3 is 1.86 bits per heavy atom. The Kier molecular flexibility index (Phi) is 3.59. The van der Waals surface area contributed by atoms with E-state index in [4.69, 9.17) is 0 Å². The quantitative estimate of drug-likeness (QED) is 0.640. The molecular formula is C12H26N2. The fraction of sp³-hybridized carbons (Fsp3) is 1.00. The fourth-order valence-corrected chi connectivity index (χ4v) is 3.40. The second-order valence-corrected chi connectivity index (χ2v) is 5.57. The molecule has 0 radical (unpaired) electrons. The third kappa shape index (κ3) is 2.48. The lowest BCUT2D eigenvalue weighted by molar-refractivity contribution is -0.00751. The van der Waals surface area contributed by atoms with Crippen molar-refractivity contribution in [2.45, 2.75) is 34.1 Å². The Bertz CT molecular complexity index is 175. The smallest absolute Gasteiger partial charge is 0.00449 e. The number of fused-ring (bicyclic) bond motifs is 2. The highest BCUT2D eigenvalue weighted by molar-refractivity contribution is 4.99. The molecule has 2 bridgehead atoms. The van der Waals surface area contributed by atoms with Gasteiger partial charge in [0.25, 0.3) is 0 Å². The summed E-state index contributed by atoms with van der Waals surface area (Å²) < 4.78 is 0. The second kappa shape index (κ2) is 4.19. The number of nitrogens with one attached hydrogen (secondary N) is 1. The molecule has 0 amide bonds. The summed E-state index contributed by atoms with van der Waals surface area (Å²) in [6.07, 6.45) is 1.40. The van der Waals surface area contributed by atoms with Crippen molar-refractivity contribution >= 4 is 0 Å². The molecule has 0 aromatic rings. The predicted molar refractivity (Wildman–Crippen MR) is 62.5 cm³/mol. The van der Waals surface area contributed by atoms with Crippen LogP contribution in [0.15, 0.2) is 0 Å². The molecule has 2 aliphatic heterocycles. The van der Waals surface area contributed by atoms with Gasteiger partial charge in [-0.05, 0) is 24.3 Å². The van der Waals surface area contributed by atoms with Gasteiger partial charge in [-0.3, -0.25) is 0 Å². The number of hydrogen-bond donors (Lipinski definition) is 1. The lowest BCUT2D eigenvalue weighted by atomic mass is 9.66. The highest BCUT2D eigenvalue weighted by atomic mass is 15.1. The minimum absolute atomic E-state index is 0.528. The molecule has 84 valence electrons. The van der Waals surface area contributed by atoms with Gasteiger partial charge in [0.05, 0.1) is 0 Å². The highest BCUT2D eigenvalue weighted by Crippen LogP contribution is 2.41. The van der Waals surface area contributed by atoms with Crippen molar-refractivity contribution in [3.63, 3.8) is 0 Å². The molecule has 0 saturated carbocycles. The van der Waals surface area contributed by atoms with Gasteiger partial charge in [-0.15, -0.1) is 0 Å². The van der Waals surface area contributed by atoms with Crippen LogP contribution in [0.25, 0.3) is 0 Å². The van der Waals surface area contributed by atoms with Gasteiger partial charge in [0.2, 0.25) is 0 Å². The van der Waals surface area contributed by atoms with Crippen LogP contribution in [0.4, 0.5) is 0 Å².